The number of para-hydroxylation sites is 2. The largest absolute Gasteiger partial charge is 0.482 e. The van der Waals surface area contributed by atoms with Crippen molar-refractivity contribution in [3.63, 3.8) is 0 Å². The quantitative estimate of drug-likeness (QED) is 0.750. The average molecular weight is 318 g/mol. The van der Waals surface area contributed by atoms with Gasteiger partial charge in [-0.3, -0.25) is 14.4 Å². The third kappa shape index (κ3) is 3.28. The molecular weight excluding hydrogens is 300 g/mol. The van der Waals surface area contributed by atoms with Crippen LogP contribution in [0.2, 0.25) is 0 Å². The number of ether oxygens (including phenoxy) is 1. The van der Waals surface area contributed by atoms with E-state index in [1.54, 1.807) is 4.90 Å². The maximum Gasteiger partial charge on any atom is 0.307 e. The van der Waals surface area contributed by atoms with E-state index in [0.717, 1.165) is 5.69 Å². The van der Waals surface area contributed by atoms with Gasteiger partial charge in [-0.05, 0) is 25.0 Å². The Balaban J connectivity index is 1.47. The zero-order valence-corrected chi connectivity index (χ0v) is 12.5. The number of fused-ring (bicyclic) bond motifs is 1. The molecule has 1 aromatic rings. The molecule has 1 aliphatic heterocycles. The van der Waals surface area contributed by atoms with Gasteiger partial charge in [-0.25, -0.2) is 0 Å². The summed E-state index contributed by atoms with van der Waals surface area (Å²) in [5.74, 6) is -1.51. The lowest BCUT2D eigenvalue weighted by atomic mass is 10.2. The predicted molar refractivity (Wildman–Crippen MR) is 81.1 cm³/mol. The summed E-state index contributed by atoms with van der Waals surface area (Å²) >= 11 is 0. The second kappa shape index (κ2) is 6.28. The van der Waals surface area contributed by atoms with Crippen molar-refractivity contribution in [1.29, 1.82) is 0 Å². The summed E-state index contributed by atoms with van der Waals surface area (Å²) < 4.78 is 5.37. The van der Waals surface area contributed by atoms with Crippen LogP contribution in [0.15, 0.2) is 24.3 Å². The summed E-state index contributed by atoms with van der Waals surface area (Å²) in [6, 6.07) is 7.33. The Labute approximate surface area is 133 Å². The van der Waals surface area contributed by atoms with Crippen LogP contribution in [0.1, 0.15) is 12.8 Å². The van der Waals surface area contributed by atoms with Gasteiger partial charge in [-0.2, -0.15) is 0 Å². The topological polar surface area (TPSA) is 95.9 Å². The first-order valence-electron chi connectivity index (χ1n) is 7.60. The van der Waals surface area contributed by atoms with Crippen molar-refractivity contribution in [2.45, 2.75) is 12.8 Å². The van der Waals surface area contributed by atoms with Gasteiger partial charge >= 0.3 is 5.97 Å². The fraction of sp³-hybridized carbons (Fsp3) is 0.438. The molecule has 2 N–H and O–H groups in total. The fourth-order valence-electron chi connectivity index (χ4n) is 2.74. The summed E-state index contributed by atoms with van der Waals surface area (Å²) in [4.78, 5) is 36.1. The Hall–Kier alpha value is -2.57. The third-order valence-electron chi connectivity index (χ3n) is 4.11. The Morgan fingerprint density at radius 1 is 1.30 bits per heavy atom. The van der Waals surface area contributed by atoms with E-state index in [-0.39, 0.29) is 18.4 Å². The molecule has 0 unspecified atom stereocenters. The highest BCUT2D eigenvalue weighted by Crippen LogP contribution is 2.38. The molecule has 1 fully saturated rings. The monoisotopic (exact) mass is 318 g/mol. The number of carbonyl (C=O) groups excluding carboxylic acids is 2. The number of carboxylic acids is 1. The molecule has 0 spiro atoms. The normalized spacial score (nSPS) is 22.1. The van der Waals surface area contributed by atoms with Gasteiger partial charge in [0.25, 0.3) is 5.91 Å². The highest BCUT2D eigenvalue weighted by molar-refractivity contribution is 5.97. The molecular formula is C16H18N2O5. The number of benzene rings is 1. The lowest BCUT2D eigenvalue weighted by Gasteiger charge is -2.29. The third-order valence-corrected chi connectivity index (χ3v) is 4.11. The van der Waals surface area contributed by atoms with Crippen molar-refractivity contribution in [3.8, 4) is 5.75 Å². The van der Waals surface area contributed by atoms with Crippen LogP contribution < -0.4 is 15.0 Å². The van der Waals surface area contributed by atoms with Gasteiger partial charge in [0.1, 0.15) is 5.75 Å². The number of hydrogen-bond acceptors (Lipinski definition) is 4. The smallest absolute Gasteiger partial charge is 0.307 e. The second-order valence-corrected chi connectivity index (χ2v) is 5.73. The minimum absolute atomic E-state index is 0.0196. The lowest BCUT2D eigenvalue weighted by Crippen LogP contribution is -2.40. The minimum atomic E-state index is -0.916. The minimum Gasteiger partial charge on any atom is -0.482 e. The van der Waals surface area contributed by atoms with Crippen molar-refractivity contribution >= 4 is 23.5 Å². The van der Waals surface area contributed by atoms with E-state index in [1.165, 1.54) is 0 Å². The number of carboxylic acid groups (broad SMARTS) is 1. The second-order valence-electron chi connectivity index (χ2n) is 5.73. The number of nitrogens with one attached hydrogen (secondary N) is 1. The number of amides is 2. The molecule has 122 valence electrons. The number of nitrogens with zero attached hydrogens (tertiary/aromatic N) is 1. The van der Waals surface area contributed by atoms with Crippen LogP contribution >= 0.6 is 0 Å². The molecule has 0 radical (unpaired) electrons. The first kappa shape index (κ1) is 15.3. The van der Waals surface area contributed by atoms with Crippen LogP contribution in [0.4, 0.5) is 5.69 Å². The van der Waals surface area contributed by atoms with E-state index in [4.69, 9.17) is 9.84 Å². The zero-order valence-electron chi connectivity index (χ0n) is 12.5. The van der Waals surface area contributed by atoms with Gasteiger partial charge in [-0.1, -0.05) is 12.1 Å². The van der Waals surface area contributed by atoms with E-state index < -0.39 is 17.8 Å². The first-order chi connectivity index (χ1) is 11.1. The van der Waals surface area contributed by atoms with Gasteiger partial charge in [0.05, 0.1) is 17.5 Å². The van der Waals surface area contributed by atoms with Gasteiger partial charge in [0.15, 0.2) is 6.61 Å². The Bertz CT molecular complexity index is 645. The van der Waals surface area contributed by atoms with Crippen LogP contribution in [0.5, 0.6) is 5.75 Å². The van der Waals surface area contributed by atoms with Gasteiger partial charge in [0, 0.05) is 13.1 Å². The Morgan fingerprint density at radius 2 is 2.09 bits per heavy atom. The highest BCUT2D eigenvalue weighted by atomic mass is 16.5. The van der Waals surface area contributed by atoms with E-state index in [1.807, 2.05) is 24.3 Å². The molecule has 1 heterocycles. The Morgan fingerprint density at radius 3 is 2.83 bits per heavy atom. The lowest BCUT2D eigenvalue weighted by molar-refractivity contribution is -0.140. The van der Waals surface area contributed by atoms with E-state index in [0.29, 0.717) is 31.7 Å². The van der Waals surface area contributed by atoms with Crippen molar-refractivity contribution in [1.82, 2.24) is 5.32 Å². The molecule has 7 heteroatoms. The van der Waals surface area contributed by atoms with Crippen LogP contribution in [0.3, 0.4) is 0 Å². The van der Waals surface area contributed by atoms with Crippen LogP contribution in [-0.2, 0) is 14.4 Å². The highest BCUT2D eigenvalue weighted by Gasteiger charge is 2.48. The standard InChI is InChI=1S/C16H18N2O5/c19-14-9-23-13-5-2-1-4-12(13)18(14)7-3-6-17-15(20)10-8-11(10)16(21)22/h1-2,4-5,10-11H,3,6-9H2,(H,17,20)(H,21,22)/t10-,11-/m0/s1. The molecule has 2 amide bonds. The van der Waals surface area contributed by atoms with Gasteiger partial charge in [-0.15, -0.1) is 0 Å². The van der Waals surface area contributed by atoms with E-state index in [2.05, 4.69) is 5.32 Å². The number of carbonyl (C=O) groups is 3. The van der Waals surface area contributed by atoms with Gasteiger partial charge < -0.3 is 20.1 Å². The molecule has 23 heavy (non-hydrogen) atoms. The van der Waals surface area contributed by atoms with E-state index >= 15 is 0 Å². The van der Waals surface area contributed by atoms with Crippen LogP contribution in [0, 0.1) is 11.8 Å². The molecule has 1 aromatic carbocycles. The molecule has 2 atom stereocenters. The average Bonchev–Trinajstić information content (AvgIpc) is 3.34. The zero-order chi connectivity index (χ0) is 16.4. The number of hydrogen-bond donors (Lipinski definition) is 2. The van der Waals surface area contributed by atoms with E-state index in [9.17, 15) is 14.4 Å². The predicted octanol–water partition coefficient (Wildman–Crippen LogP) is 0.639. The number of aliphatic carboxylic acids is 1. The summed E-state index contributed by atoms with van der Waals surface area (Å²) in [5.41, 5.74) is 0.739. The SMILES string of the molecule is O=C(O)[C@H]1C[C@@H]1C(=O)NCCCN1C(=O)COc2ccccc21. The summed E-state index contributed by atoms with van der Waals surface area (Å²) in [6.07, 6.45) is 1.01. The molecule has 0 aromatic heterocycles. The fourth-order valence-corrected chi connectivity index (χ4v) is 2.74. The Kier molecular flexibility index (Phi) is 4.18. The van der Waals surface area contributed by atoms with Crippen molar-refractivity contribution in [3.05, 3.63) is 24.3 Å². The molecule has 2 aliphatic rings. The summed E-state index contributed by atoms with van der Waals surface area (Å²) in [7, 11) is 0. The number of anilines is 1. The molecule has 3 rings (SSSR count). The molecule has 0 bridgehead atoms. The maximum atomic E-state index is 12.0. The maximum absolute atomic E-state index is 12.0. The van der Waals surface area contributed by atoms with Gasteiger partial charge in [0.2, 0.25) is 5.91 Å². The molecule has 0 saturated heterocycles. The number of rotatable bonds is 6. The summed E-state index contributed by atoms with van der Waals surface area (Å²) in [5, 5.41) is 11.5. The molecule has 1 saturated carbocycles. The van der Waals surface area contributed by atoms with Crippen molar-refractivity contribution < 1.29 is 24.2 Å². The molecule has 1 aliphatic carbocycles. The molecule has 7 nitrogen and oxygen atoms in total. The van der Waals surface area contributed by atoms with Crippen molar-refractivity contribution in [2.75, 3.05) is 24.6 Å². The van der Waals surface area contributed by atoms with Crippen molar-refractivity contribution in [2.24, 2.45) is 11.8 Å². The van der Waals surface area contributed by atoms with Crippen LogP contribution in [-0.4, -0.2) is 42.6 Å². The van der Waals surface area contributed by atoms with Crippen LogP contribution in [0.25, 0.3) is 0 Å². The summed E-state index contributed by atoms with van der Waals surface area (Å²) in [6.45, 7) is 0.909. The first-order valence-corrected chi connectivity index (χ1v) is 7.60.